The molecule has 0 aromatic heterocycles. The van der Waals surface area contributed by atoms with Crippen molar-refractivity contribution in [3.63, 3.8) is 0 Å². The van der Waals surface area contributed by atoms with E-state index in [2.05, 4.69) is 5.48 Å². The monoisotopic (exact) mass is 232 g/mol. The maximum Gasteiger partial charge on any atom is 0.410 e. The summed E-state index contributed by atoms with van der Waals surface area (Å²) in [6.45, 7) is 6.06. The Bertz CT molecular complexity index is 252. The molecule has 0 bridgehead atoms. The summed E-state index contributed by atoms with van der Waals surface area (Å²) in [7, 11) is 1.48. The summed E-state index contributed by atoms with van der Waals surface area (Å²) in [5, 5.41) is 9.65. The summed E-state index contributed by atoms with van der Waals surface area (Å²) in [5.41, 5.74) is 2.12. The van der Waals surface area contributed by atoms with Crippen molar-refractivity contribution < 1.29 is 19.5 Å². The second-order valence-electron chi connectivity index (χ2n) is 4.88. The number of hydroxylamine groups is 1. The average Bonchev–Trinajstić information content (AvgIpc) is 2.46. The van der Waals surface area contributed by atoms with E-state index in [-0.39, 0.29) is 12.6 Å². The highest BCUT2D eigenvalue weighted by atomic mass is 16.6. The molecule has 0 radical (unpaired) electrons. The van der Waals surface area contributed by atoms with E-state index in [0.717, 1.165) is 0 Å². The minimum atomic E-state index is -0.632. The van der Waals surface area contributed by atoms with Crippen LogP contribution in [0.5, 0.6) is 0 Å². The zero-order valence-corrected chi connectivity index (χ0v) is 10.2. The summed E-state index contributed by atoms with van der Waals surface area (Å²) in [6, 6.07) is -0.266. The third kappa shape index (κ3) is 3.62. The predicted octanol–water partition coefficient (Wildman–Crippen LogP) is 0.118. The molecule has 16 heavy (non-hydrogen) atoms. The SMILES string of the molecule is CONC1CN(C(=O)OC(C)(C)C)CC1O. The molecule has 0 aliphatic carbocycles. The van der Waals surface area contributed by atoms with Gasteiger partial charge in [-0.05, 0) is 20.8 Å². The van der Waals surface area contributed by atoms with Crippen LogP contribution in [0.15, 0.2) is 0 Å². The Hall–Kier alpha value is -0.850. The van der Waals surface area contributed by atoms with Crippen molar-refractivity contribution in [2.75, 3.05) is 20.2 Å². The van der Waals surface area contributed by atoms with E-state index in [1.807, 2.05) is 20.8 Å². The van der Waals surface area contributed by atoms with Crippen molar-refractivity contribution in [1.29, 1.82) is 0 Å². The van der Waals surface area contributed by atoms with Gasteiger partial charge < -0.3 is 19.6 Å². The third-order valence-electron chi connectivity index (χ3n) is 2.21. The molecule has 1 heterocycles. The maximum absolute atomic E-state index is 11.7. The zero-order valence-electron chi connectivity index (χ0n) is 10.2. The molecule has 2 atom stereocenters. The molecule has 0 spiro atoms. The number of carbonyl (C=O) groups excluding carboxylic acids is 1. The highest BCUT2D eigenvalue weighted by Crippen LogP contribution is 2.15. The number of aliphatic hydroxyl groups is 1. The first-order valence-electron chi connectivity index (χ1n) is 5.28. The highest BCUT2D eigenvalue weighted by molar-refractivity contribution is 5.68. The van der Waals surface area contributed by atoms with E-state index >= 15 is 0 Å². The zero-order chi connectivity index (χ0) is 12.3. The van der Waals surface area contributed by atoms with Gasteiger partial charge in [0.15, 0.2) is 0 Å². The van der Waals surface area contributed by atoms with Gasteiger partial charge in [-0.2, -0.15) is 5.48 Å². The summed E-state index contributed by atoms with van der Waals surface area (Å²) in [6.07, 6.45) is -1.04. The Morgan fingerprint density at radius 2 is 2.06 bits per heavy atom. The first kappa shape index (κ1) is 13.2. The molecule has 1 aliphatic rings. The number of hydrogen-bond donors (Lipinski definition) is 2. The molecule has 0 saturated carbocycles. The third-order valence-corrected chi connectivity index (χ3v) is 2.21. The summed E-state index contributed by atoms with van der Waals surface area (Å²) < 4.78 is 5.20. The fraction of sp³-hybridized carbons (Fsp3) is 0.900. The van der Waals surface area contributed by atoms with Gasteiger partial charge in [-0.15, -0.1) is 0 Å². The van der Waals surface area contributed by atoms with E-state index in [1.165, 1.54) is 12.0 Å². The molecule has 1 rings (SSSR count). The molecule has 94 valence electrons. The number of carbonyl (C=O) groups is 1. The van der Waals surface area contributed by atoms with Crippen LogP contribution in [0.2, 0.25) is 0 Å². The number of ether oxygens (including phenoxy) is 1. The minimum absolute atomic E-state index is 0.260. The van der Waals surface area contributed by atoms with Crippen LogP contribution in [0.3, 0.4) is 0 Å². The van der Waals surface area contributed by atoms with E-state index < -0.39 is 17.8 Å². The second kappa shape index (κ2) is 4.99. The maximum atomic E-state index is 11.7. The topological polar surface area (TPSA) is 71.0 Å². The second-order valence-corrected chi connectivity index (χ2v) is 4.88. The van der Waals surface area contributed by atoms with E-state index in [1.54, 1.807) is 0 Å². The average molecular weight is 232 g/mol. The number of rotatable bonds is 2. The van der Waals surface area contributed by atoms with Crippen molar-refractivity contribution in [2.45, 2.75) is 38.5 Å². The van der Waals surface area contributed by atoms with Gasteiger partial charge in [0.05, 0.1) is 25.8 Å². The molecule has 2 unspecified atom stereocenters. The minimum Gasteiger partial charge on any atom is -0.444 e. The van der Waals surface area contributed by atoms with Crippen LogP contribution in [0, 0.1) is 0 Å². The fourth-order valence-electron chi connectivity index (χ4n) is 1.53. The Morgan fingerprint density at radius 1 is 1.44 bits per heavy atom. The molecule has 0 aromatic carbocycles. The van der Waals surface area contributed by atoms with Crippen LogP contribution in [0.25, 0.3) is 0 Å². The Balaban J connectivity index is 2.48. The number of nitrogens with zero attached hydrogens (tertiary/aromatic N) is 1. The van der Waals surface area contributed by atoms with Gasteiger partial charge in [0.25, 0.3) is 0 Å². The van der Waals surface area contributed by atoms with E-state index in [0.29, 0.717) is 6.54 Å². The van der Waals surface area contributed by atoms with Gasteiger partial charge in [0, 0.05) is 6.54 Å². The lowest BCUT2D eigenvalue weighted by Gasteiger charge is -2.24. The summed E-state index contributed by atoms with van der Waals surface area (Å²) in [4.78, 5) is 17.9. The fourth-order valence-corrected chi connectivity index (χ4v) is 1.53. The summed E-state index contributed by atoms with van der Waals surface area (Å²) in [5.74, 6) is 0. The Kier molecular flexibility index (Phi) is 4.12. The highest BCUT2D eigenvalue weighted by Gasteiger charge is 2.36. The lowest BCUT2D eigenvalue weighted by Crippen LogP contribution is -2.39. The smallest absolute Gasteiger partial charge is 0.410 e. The van der Waals surface area contributed by atoms with Crippen LogP contribution in [0.1, 0.15) is 20.8 Å². The van der Waals surface area contributed by atoms with Gasteiger partial charge in [-0.25, -0.2) is 4.79 Å². The first-order chi connectivity index (χ1) is 7.33. The number of amides is 1. The molecule has 1 fully saturated rings. The van der Waals surface area contributed by atoms with Crippen molar-refractivity contribution in [1.82, 2.24) is 10.4 Å². The Labute approximate surface area is 95.5 Å². The van der Waals surface area contributed by atoms with Crippen molar-refractivity contribution >= 4 is 6.09 Å². The molecular weight excluding hydrogens is 212 g/mol. The predicted molar refractivity (Wildman–Crippen MR) is 57.7 cm³/mol. The van der Waals surface area contributed by atoms with Crippen LogP contribution < -0.4 is 5.48 Å². The normalized spacial score (nSPS) is 25.9. The molecular formula is C10H20N2O4. The van der Waals surface area contributed by atoms with Crippen LogP contribution in [-0.4, -0.2) is 54.0 Å². The number of hydrogen-bond acceptors (Lipinski definition) is 5. The number of aliphatic hydroxyl groups excluding tert-OH is 1. The quantitative estimate of drug-likeness (QED) is 0.662. The molecule has 1 amide bonds. The van der Waals surface area contributed by atoms with Crippen LogP contribution in [-0.2, 0) is 9.57 Å². The van der Waals surface area contributed by atoms with Crippen molar-refractivity contribution in [3.05, 3.63) is 0 Å². The molecule has 6 heteroatoms. The van der Waals surface area contributed by atoms with Crippen LogP contribution in [0.4, 0.5) is 4.79 Å². The first-order valence-corrected chi connectivity index (χ1v) is 5.28. The van der Waals surface area contributed by atoms with Crippen molar-refractivity contribution in [3.8, 4) is 0 Å². The Morgan fingerprint density at radius 3 is 2.56 bits per heavy atom. The summed E-state index contributed by atoms with van der Waals surface area (Å²) >= 11 is 0. The lowest BCUT2D eigenvalue weighted by molar-refractivity contribution is 0.0244. The number of nitrogens with one attached hydrogen (secondary N) is 1. The van der Waals surface area contributed by atoms with Gasteiger partial charge in [0.1, 0.15) is 5.60 Å². The number of likely N-dealkylation sites (tertiary alicyclic amines) is 1. The largest absolute Gasteiger partial charge is 0.444 e. The van der Waals surface area contributed by atoms with Gasteiger partial charge in [0.2, 0.25) is 0 Å². The van der Waals surface area contributed by atoms with E-state index in [4.69, 9.17) is 9.57 Å². The van der Waals surface area contributed by atoms with Crippen molar-refractivity contribution in [2.24, 2.45) is 0 Å². The van der Waals surface area contributed by atoms with Gasteiger partial charge >= 0.3 is 6.09 Å². The number of β-amino-alcohol motifs (C(OH)–C–C–N with tert-alkyl or cyclic N) is 1. The van der Waals surface area contributed by atoms with E-state index in [9.17, 15) is 9.90 Å². The van der Waals surface area contributed by atoms with Crippen LogP contribution >= 0.6 is 0 Å². The molecule has 0 aromatic rings. The lowest BCUT2D eigenvalue weighted by atomic mass is 10.2. The van der Waals surface area contributed by atoms with Gasteiger partial charge in [-0.3, -0.25) is 0 Å². The molecule has 1 saturated heterocycles. The molecule has 1 aliphatic heterocycles. The molecule has 2 N–H and O–H groups in total. The standard InChI is InChI=1S/C10H20N2O4/c1-10(2,3)16-9(14)12-5-7(11-15-4)8(13)6-12/h7-8,11,13H,5-6H2,1-4H3. The van der Waals surface area contributed by atoms with Gasteiger partial charge in [-0.1, -0.05) is 0 Å². The molecule has 6 nitrogen and oxygen atoms in total.